The van der Waals surface area contributed by atoms with Crippen LogP contribution in [0.3, 0.4) is 0 Å². The minimum absolute atomic E-state index is 0.576. The Kier molecular flexibility index (Phi) is 4.19. The van der Waals surface area contributed by atoms with Crippen LogP contribution in [0.25, 0.3) is 0 Å². The second kappa shape index (κ2) is 5.44. The molecule has 0 amide bonds. The zero-order valence-electron chi connectivity index (χ0n) is 8.49. The lowest BCUT2D eigenvalue weighted by Crippen LogP contribution is -2.06. The van der Waals surface area contributed by atoms with Crippen LogP contribution in [0.15, 0.2) is 12.3 Å². The van der Waals surface area contributed by atoms with Gasteiger partial charge in [-0.2, -0.15) is 0 Å². The number of nitrogens with two attached hydrogens (primary N) is 2. The van der Waals surface area contributed by atoms with Gasteiger partial charge in [-0.1, -0.05) is 6.92 Å². The van der Waals surface area contributed by atoms with Crippen LogP contribution in [0, 0.1) is 0 Å². The quantitative estimate of drug-likeness (QED) is 0.693. The lowest BCUT2D eigenvalue weighted by Gasteiger charge is -2.06. The van der Waals surface area contributed by atoms with E-state index in [-0.39, 0.29) is 0 Å². The molecule has 0 saturated carbocycles. The third-order valence-corrected chi connectivity index (χ3v) is 1.94. The van der Waals surface area contributed by atoms with Crippen molar-refractivity contribution in [3.8, 4) is 0 Å². The van der Waals surface area contributed by atoms with E-state index in [4.69, 9.17) is 16.2 Å². The fraction of sp³-hybridized carbons (Fsp3) is 0.500. The monoisotopic (exact) mass is 195 g/mol. The van der Waals surface area contributed by atoms with Crippen LogP contribution in [0.4, 0.5) is 11.4 Å². The van der Waals surface area contributed by atoms with Crippen LogP contribution < -0.4 is 11.5 Å². The molecule has 4 N–H and O–H groups in total. The minimum Gasteiger partial charge on any atom is -0.397 e. The van der Waals surface area contributed by atoms with Crippen molar-refractivity contribution in [2.45, 2.75) is 19.8 Å². The van der Waals surface area contributed by atoms with E-state index in [9.17, 15) is 0 Å². The van der Waals surface area contributed by atoms with E-state index < -0.39 is 0 Å². The Labute approximate surface area is 84.3 Å². The number of aromatic nitrogens is 1. The van der Waals surface area contributed by atoms with Crippen molar-refractivity contribution in [1.82, 2.24) is 4.98 Å². The van der Waals surface area contributed by atoms with Crippen molar-refractivity contribution in [2.24, 2.45) is 0 Å². The summed E-state index contributed by atoms with van der Waals surface area (Å²) in [7, 11) is 0. The van der Waals surface area contributed by atoms with Gasteiger partial charge in [0.2, 0.25) is 0 Å². The Bertz CT molecular complexity index is 289. The molecule has 1 aromatic heterocycles. The average Bonchev–Trinajstić information content (AvgIpc) is 2.19. The summed E-state index contributed by atoms with van der Waals surface area (Å²) in [6, 6.07) is 1.70. The summed E-state index contributed by atoms with van der Waals surface area (Å²) in [5.74, 6) is 0. The number of nitrogens with zero attached hydrogens (tertiary/aromatic N) is 1. The first-order valence-corrected chi connectivity index (χ1v) is 4.82. The molecule has 0 aromatic carbocycles. The first kappa shape index (κ1) is 10.8. The summed E-state index contributed by atoms with van der Waals surface area (Å²) >= 11 is 0. The normalized spacial score (nSPS) is 10.4. The van der Waals surface area contributed by atoms with Crippen molar-refractivity contribution in [1.29, 1.82) is 0 Å². The van der Waals surface area contributed by atoms with E-state index in [1.807, 2.05) is 0 Å². The van der Waals surface area contributed by atoms with Gasteiger partial charge < -0.3 is 16.2 Å². The maximum Gasteiger partial charge on any atom is 0.0767 e. The number of hydrogen-bond acceptors (Lipinski definition) is 4. The Balaban J connectivity index is 2.46. The van der Waals surface area contributed by atoms with Gasteiger partial charge in [0.1, 0.15) is 0 Å². The highest BCUT2D eigenvalue weighted by atomic mass is 16.5. The summed E-state index contributed by atoms with van der Waals surface area (Å²) < 4.78 is 5.35. The van der Waals surface area contributed by atoms with Crippen LogP contribution in [-0.4, -0.2) is 18.2 Å². The highest BCUT2D eigenvalue weighted by Crippen LogP contribution is 2.16. The smallest absolute Gasteiger partial charge is 0.0767 e. The fourth-order valence-corrected chi connectivity index (χ4v) is 1.15. The molecule has 0 bridgehead atoms. The molecule has 1 aromatic rings. The number of pyridine rings is 1. The van der Waals surface area contributed by atoms with Crippen LogP contribution >= 0.6 is 0 Å². The molecule has 0 aliphatic carbocycles. The summed E-state index contributed by atoms with van der Waals surface area (Å²) in [6.07, 6.45) is 3.41. The van der Waals surface area contributed by atoms with Gasteiger partial charge in [-0.3, -0.25) is 4.98 Å². The molecule has 0 spiro atoms. The first-order valence-electron chi connectivity index (χ1n) is 4.82. The molecule has 1 rings (SSSR count). The summed E-state index contributed by atoms with van der Waals surface area (Å²) in [5, 5.41) is 0. The van der Waals surface area contributed by atoms with Crippen molar-refractivity contribution < 1.29 is 4.74 Å². The molecule has 0 radical (unpaired) electrons. The van der Waals surface area contributed by atoms with Gasteiger partial charge in [-0.25, -0.2) is 0 Å². The molecule has 0 saturated heterocycles. The Morgan fingerprint density at radius 3 is 2.86 bits per heavy atom. The maximum absolute atomic E-state index is 5.75. The zero-order chi connectivity index (χ0) is 10.4. The third kappa shape index (κ3) is 2.88. The molecule has 4 heteroatoms. The van der Waals surface area contributed by atoms with Gasteiger partial charge in [0.15, 0.2) is 0 Å². The summed E-state index contributed by atoms with van der Waals surface area (Å²) in [4.78, 5) is 4.15. The van der Waals surface area contributed by atoms with Gasteiger partial charge in [0, 0.05) is 19.2 Å². The molecular weight excluding hydrogens is 178 g/mol. The Morgan fingerprint density at radius 1 is 1.36 bits per heavy atom. The van der Waals surface area contributed by atoms with E-state index in [0.29, 0.717) is 18.0 Å². The van der Waals surface area contributed by atoms with Gasteiger partial charge >= 0.3 is 0 Å². The van der Waals surface area contributed by atoms with Crippen molar-refractivity contribution in [2.75, 3.05) is 24.7 Å². The molecule has 0 aliphatic rings. The van der Waals surface area contributed by atoms with Crippen molar-refractivity contribution in [3.05, 3.63) is 18.0 Å². The molecule has 1 heterocycles. The average molecular weight is 195 g/mol. The van der Waals surface area contributed by atoms with Crippen LogP contribution in [0.5, 0.6) is 0 Å². The van der Waals surface area contributed by atoms with Crippen LogP contribution in [-0.2, 0) is 11.2 Å². The Morgan fingerprint density at radius 2 is 2.14 bits per heavy atom. The second-order valence-corrected chi connectivity index (χ2v) is 3.12. The van der Waals surface area contributed by atoms with Crippen molar-refractivity contribution in [3.63, 3.8) is 0 Å². The maximum atomic E-state index is 5.75. The number of nitrogen functional groups attached to an aromatic ring is 2. The molecule has 0 fully saturated rings. The molecule has 0 atom stereocenters. The molecule has 78 valence electrons. The second-order valence-electron chi connectivity index (χ2n) is 3.12. The van der Waals surface area contributed by atoms with Gasteiger partial charge in [-0.05, 0) is 12.5 Å². The fourth-order valence-electron chi connectivity index (χ4n) is 1.15. The summed E-state index contributed by atoms with van der Waals surface area (Å²) in [6.45, 7) is 3.50. The highest BCUT2D eigenvalue weighted by Gasteiger charge is 2.02. The molecule has 14 heavy (non-hydrogen) atoms. The lowest BCUT2D eigenvalue weighted by molar-refractivity contribution is 0.137. The van der Waals surface area contributed by atoms with Gasteiger partial charge in [-0.15, -0.1) is 0 Å². The summed E-state index contributed by atoms with van der Waals surface area (Å²) in [5.41, 5.74) is 13.4. The standard InChI is InChI=1S/C10H17N3O/c1-2-6-14-7-4-9-10(12)8(11)3-5-13-9/h3,5H,2,4,6-7,12H2,1H3,(H2,11,13). The van der Waals surface area contributed by atoms with E-state index in [1.165, 1.54) is 0 Å². The van der Waals surface area contributed by atoms with E-state index >= 15 is 0 Å². The van der Waals surface area contributed by atoms with E-state index in [1.54, 1.807) is 12.3 Å². The van der Waals surface area contributed by atoms with Gasteiger partial charge in [0.25, 0.3) is 0 Å². The van der Waals surface area contributed by atoms with E-state index in [2.05, 4.69) is 11.9 Å². The highest BCUT2D eigenvalue weighted by molar-refractivity contribution is 5.64. The third-order valence-electron chi connectivity index (χ3n) is 1.94. The molecular formula is C10H17N3O. The number of anilines is 2. The largest absolute Gasteiger partial charge is 0.397 e. The first-order chi connectivity index (χ1) is 6.75. The number of hydrogen-bond donors (Lipinski definition) is 2. The molecule has 4 nitrogen and oxygen atoms in total. The van der Waals surface area contributed by atoms with Gasteiger partial charge in [0.05, 0.1) is 23.7 Å². The Hall–Kier alpha value is -1.29. The SMILES string of the molecule is CCCOCCc1nccc(N)c1N. The molecule has 0 aliphatic heterocycles. The zero-order valence-corrected chi connectivity index (χ0v) is 8.49. The lowest BCUT2D eigenvalue weighted by atomic mass is 10.2. The predicted octanol–water partition coefficient (Wildman–Crippen LogP) is 1.22. The van der Waals surface area contributed by atoms with Crippen LogP contribution in [0.1, 0.15) is 19.0 Å². The van der Waals surface area contributed by atoms with Crippen molar-refractivity contribution >= 4 is 11.4 Å². The topological polar surface area (TPSA) is 74.2 Å². The van der Waals surface area contributed by atoms with Crippen LogP contribution in [0.2, 0.25) is 0 Å². The van der Waals surface area contributed by atoms with E-state index in [0.717, 1.165) is 25.1 Å². The minimum atomic E-state index is 0.576. The predicted molar refractivity (Wildman–Crippen MR) is 57.9 cm³/mol. The molecule has 0 unspecified atom stereocenters. The number of ether oxygens (including phenoxy) is 1. The number of rotatable bonds is 5.